The molecular weight excluding hydrogens is 352 g/mol. The largest absolute Gasteiger partial charge is 0.399 e. The number of hydrogen-bond donors (Lipinski definition) is 2. The standard InChI is InChI=1S/C15H15BrN2O2S/c1-10-7-12(17)5-6-14(10)18-15(19)9-21(20)13-4-2-3-11(16)8-13/h2-8H,9,17H2,1H3,(H,18,19). The molecule has 0 spiro atoms. The molecule has 0 saturated heterocycles. The van der Waals surface area contributed by atoms with Crippen molar-refractivity contribution in [3.63, 3.8) is 0 Å². The zero-order valence-electron chi connectivity index (χ0n) is 11.4. The van der Waals surface area contributed by atoms with Crippen molar-refractivity contribution < 1.29 is 9.00 Å². The van der Waals surface area contributed by atoms with Crippen LogP contribution in [0.5, 0.6) is 0 Å². The minimum absolute atomic E-state index is 0.0831. The van der Waals surface area contributed by atoms with E-state index in [-0.39, 0.29) is 11.7 Å². The van der Waals surface area contributed by atoms with E-state index < -0.39 is 10.8 Å². The fourth-order valence-corrected chi connectivity index (χ4v) is 3.34. The highest BCUT2D eigenvalue weighted by molar-refractivity contribution is 9.10. The molecule has 3 N–H and O–H groups in total. The van der Waals surface area contributed by atoms with Crippen LogP contribution in [0.15, 0.2) is 51.8 Å². The quantitative estimate of drug-likeness (QED) is 0.816. The van der Waals surface area contributed by atoms with Gasteiger partial charge < -0.3 is 11.1 Å². The maximum Gasteiger partial charge on any atom is 0.237 e. The van der Waals surface area contributed by atoms with Crippen molar-refractivity contribution in [2.45, 2.75) is 11.8 Å². The van der Waals surface area contributed by atoms with E-state index in [1.165, 1.54) is 0 Å². The van der Waals surface area contributed by atoms with E-state index in [0.29, 0.717) is 16.3 Å². The summed E-state index contributed by atoms with van der Waals surface area (Å²) in [5.74, 6) is -0.374. The van der Waals surface area contributed by atoms with Crippen LogP contribution in [0.3, 0.4) is 0 Å². The Morgan fingerprint density at radius 2 is 2.05 bits per heavy atom. The van der Waals surface area contributed by atoms with Crippen LogP contribution < -0.4 is 11.1 Å². The number of hydrogen-bond acceptors (Lipinski definition) is 3. The Kier molecular flexibility index (Phi) is 5.14. The fraction of sp³-hybridized carbons (Fsp3) is 0.133. The predicted molar refractivity (Wildman–Crippen MR) is 89.6 cm³/mol. The van der Waals surface area contributed by atoms with Gasteiger partial charge in [-0.15, -0.1) is 0 Å². The van der Waals surface area contributed by atoms with Crippen LogP contribution >= 0.6 is 15.9 Å². The van der Waals surface area contributed by atoms with Gasteiger partial charge >= 0.3 is 0 Å². The average Bonchev–Trinajstić information content (AvgIpc) is 2.42. The van der Waals surface area contributed by atoms with Gasteiger partial charge in [0.2, 0.25) is 5.91 Å². The van der Waals surface area contributed by atoms with Crippen LogP contribution in [0.1, 0.15) is 5.56 Å². The first-order valence-corrected chi connectivity index (χ1v) is 8.37. The molecule has 0 saturated carbocycles. The van der Waals surface area contributed by atoms with Crippen molar-refractivity contribution in [3.05, 3.63) is 52.5 Å². The summed E-state index contributed by atoms with van der Waals surface area (Å²) in [5, 5.41) is 2.75. The topological polar surface area (TPSA) is 72.2 Å². The van der Waals surface area contributed by atoms with E-state index in [4.69, 9.17) is 5.73 Å². The van der Waals surface area contributed by atoms with Crippen LogP contribution in [-0.4, -0.2) is 15.9 Å². The summed E-state index contributed by atoms with van der Waals surface area (Å²) in [6, 6.07) is 12.4. The second-order valence-corrected chi connectivity index (χ2v) is 6.94. The van der Waals surface area contributed by atoms with Crippen LogP contribution in [-0.2, 0) is 15.6 Å². The highest BCUT2D eigenvalue weighted by atomic mass is 79.9. The van der Waals surface area contributed by atoms with Gasteiger partial charge in [0.1, 0.15) is 5.75 Å². The number of nitrogens with two attached hydrogens (primary N) is 1. The molecule has 110 valence electrons. The molecule has 0 aliphatic carbocycles. The van der Waals surface area contributed by atoms with Crippen LogP contribution in [0.2, 0.25) is 0 Å². The Hall–Kier alpha value is -1.66. The predicted octanol–water partition coefficient (Wildman–Crippen LogP) is 3.09. The minimum Gasteiger partial charge on any atom is -0.399 e. The van der Waals surface area contributed by atoms with Gasteiger partial charge in [-0.2, -0.15) is 0 Å². The van der Waals surface area contributed by atoms with Gasteiger partial charge in [-0.05, 0) is 48.9 Å². The molecule has 4 nitrogen and oxygen atoms in total. The minimum atomic E-state index is -1.38. The molecule has 2 aromatic rings. The lowest BCUT2D eigenvalue weighted by Crippen LogP contribution is -2.20. The lowest BCUT2D eigenvalue weighted by molar-refractivity contribution is -0.113. The van der Waals surface area contributed by atoms with Crippen LogP contribution in [0.25, 0.3) is 0 Å². The molecule has 0 aliphatic heterocycles. The van der Waals surface area contributed by atoms with Crippen molar-refractivity contribution in [3.8, 4) is 0 Å². The monoisotopic (exact) mass is 366 g/mol. The van der Waals surface area contributed by atoms with E-state index in [1.807, 2.05) is 13.0 Å². The first kappa shape index (κ1) is 15.7. The molecule has 0 aliphatic rings. The summed E-state index contributed by atoms with van der Waals surface area (Å²) in [7, 11) is -1.38. The number of aryl methyl sites for hydroxylation is 1. The number of rotatable bonds is 4. The number of carbonyl (C=O) groups is 1. The van der Waals surface area contributed by atoms with Crippen molar-refractivity contribution in [2.24, 2.45) is 0 Å². The third-order valence-electron chi connectivity index (χ3n) is 2.85. The third kappa shape index (κ3) is 4.41. The number of nitrogens with one attached hydrogen (secondary N) is 1. The van der Waals surface area contributed by atoms with Crippen LogP contribution in [0, 0.1) is 6.92 Å². The van der Waals surface area contributed by atoms with Gasteiger partial charge in [-0.25, -0.2) is 0 Å². The molecule has 21 heavy (non-hydrogen) atoms. The van der Waals surface area contributed by atoms with Gasteiger partial charge in [0.05, 0.1) is 10.8 Å². The molecule has 1 amide bonds. The van der Waals surface area contributed by atoms with Gasteiger partial charge in [0.15, 0.2) is 0 Å². The van der Waals surface area contributed by atoms with E-state index in [1.54, 1.807) is 36.4 Å². The number of benzene rings is 2. The molecule has 0 fully saturated rings. The summed E-state index contributed by atoms with van der Waals surface area (Å²) in [4.78, 5) is 12.6. The zero-order chi connectivity index (χ0) is 15.4. The van der Waals surface area contributed by atoms with E-state index >= 15 is 0 Å². The molecule has 2 aromatic carbocycles. The fourth-order valence-electron chi connectivity index (χ4n) is 1.82. The molecule has 0 radical (unpaired) electrons. The lowest BCUT2D eigenvalue weighted by atomic mass is 10.2. The normalized spacial score (nSPS) is 11.9. The number of nitrogen functional groups attached to an aromatic ring is 1. The smallest absolute Gasteiger partial charge is 0.237 e. The van der Waals surface area contributed by atoms with Crippen molar-refractivity contribution in [2.75, 3.05) is 16.8 Å². The first-order valence-electron chi connectivity index (χ1n) is 6.25. The first-order chi connectivity index (χ1) is 9.95. The molecule has 0 heterocycles. The highest BCUT2D eigenvalue weighted by Crippen LogP contribution is 2.18. The highest BCUT2D eigenvalue weighted by Gasteiger charge is 2.11. The third-order valence-corrected chi connectivity index (χ3v) is 4.64. The zero-order valence-corrected chi connectivity index (χ0v) is 13.8. The second kappa shape index (κ2) is 6.87. The Labute approximate surface area is 134 Å². The van der Waals surface area contributed by atoms with Gasteiger partial charge in [0.25, 0.3) is 0 Å². The Morgan fingerprint density at radius 3 is 2.71 bits per heavy atom. The molecule has 1 unspecified atom stereocenters. The van der Waals surface area contributed by atoms with Crippen molar-refractivity contribution >= 4 is 44.0 Å². The van der Waals surface area contributed by atoms with Crippen molar-refractivity contribution in [1.82, 2.24) is 0 Å². The number of halogens is 1. The van der Waals surface area contributed by atoms with Crippen molar-refractivity contribution in [1.29, 1.82) is 0 Å². The van der Waals surface area contributed by atoms with Gasteiger partial charge in [0, 0.05) is 20.7 Å². The van der Waals surface area contributed by atoms with Gasteiger partial charge in [-0.3, -0.25) is 9.00 Å². The Balaban J connectivity index is 2.03. The van der Waals surface area contributed by atoms with E-state index in [2.05, 4.69) is 21.2 Å². The average molecular weight is 367 g/mol. The SMILES string of the molecule is Cc1cc(N)ccc1NC(=O)CS(=O)c1cccc(Br)c1. The maximum absolute atomic E-state index is 12.1. The molecular formula is C15H15BrN2O2S. The second-order valence-electron chi connectivity index (χ2n) is 4.57. The summed E-state index contributed by atoms with van der Waals surface area (Å²) >= 11 is 3.32. The number of carbonyl (C=O) groups excluding carboxylic acids is 1. The number of amides is 1. The van der Waals surface area contributed by atoms with E-state index in [9.17, 15) is 9.00 Å². The van der Waals surface area contributed by atoms with Gasteiger partial charge in [-0.1, -0.05) is 22.0 Å². The maximum atomic E-state index is 12.1. The lowest BCUT2D eigenvalue weighted by Gasteiger charge is -2.09. The van der Waals surface area contributed by atoms with E-state index in [0.717, 1.165) is 10.0 Å². The van der Waals surface area contributed by atoms with Crippen LogP contribution in [0.4, 0.5) is 11.4 Å². The molecule has 2 rings (SSSR count). The number of anilines is 2. The Bertz CT molecular complexity index is 704. The molecule has 0 bridgehead atoms. The summed E-state index contributed by atoms with van der Waals surface area (Å²) in [6.07, 6.45) is 0. The summed E-state index contributed by atoms with van der Waals surface area (Å²) < 4.78 is 13.0. The molecule has 6 heteroatoms. The molecule has 0 aromatic heterocycles. The summed E-state index contributed by atoms with van der Waals surface area (Å²) in [5.41, 5.74) is 7.86. The summed E-state index contributed by atoms with van der Waals surface area (Å²) in [6.45, 7) is 1.86. The Morgan fingerprint density at radius 1 is 1.29 bits per heavy atom. The molecule has 1 atom stereocenters.